The van der Waals surface area contributed by atoms with Gasteiger partial charge < -0.3 is 9.88 Å². The minimum absolute atomic E-state index is 0.0301. The van der Waals surface area contributed by atoms with E-state index in [9.17, 15) is 18.4 Å². The molecule has 0 aliphatic carbocycles. The van der Waals surface area contributed by atoms with Crippen LogP contribution < -0.4 is 5.43 Å². The first-order valence-electron chi connectivity index (χ1n) is 5.85. The maximum Gasteiger partial charge on any atom is 0.259 e. The van der Waals surface area contributed by atoms with Crippen molar-refractivity contribution in [3.63, 3.8) is 0 Å². The van der Waals surface area contributed by atoms with Crippen molar-refractivity contribution in [2.75, 3.05) is 7.05 Å². The Morgan fingerprint density at radius 2 is 2.05 bits per heavy atom. The van der Waals surface area contributed by atoms with Gasteiger partial charge in [-0.15, -0.1) is 0 Å². The van der Waals surface area contributed by atoms with Gasteiger partial charge in [0.05, 0.1) is 0 Å². The number of rotatable bonds is 3. The van der Waals surface area contributed by atoms with Gasteiger partial charge in [-0.2, -0.15) is 0 Å². The normalized spacial score (nSPS) is 10.3. The van der Waals surface area contributed by atoms with Gasteiger partial charge in [-0.3, -0.25) is 9.59 Å². The Kier molecular flexibility index (Phi) is 3.93. The molecule has 1 heterocycles. The van der Waals surface area contributed by atoms with Crippen LogP contribution in [0.5, 0.6) is 0 Å². The lowest BCUT2D eigenvalue weighted by atomic mass is 10.1. The Labute approximate surface area is 113 Å². The number of nitrogens with zero attached hydrogens (tertiary/aromatic N) is 1. The van der Waals surface area contributed by atoms with E-state index in [1.807, 2.05) is 0 Å². The second kappa shape index (κ2) is 5.64. The van der Waals surface area contributed by atoms with Gasteiger partial charge in [0.15, 0.2) is 5.43 Å². The molecule has 0 spiro atoms. The number of hydrogen-bond donors (Lipinski definition) is 1. The van der Waals surface area contributed by atoms with Crippen LogP contribution in [0.1, 0.15) is 15.9 Å². The number of benzene rings is 1. The Hall–Kier alpha value is -2.50. The molecule has 1 aromatic carbocycles. The van der Waals surface area contributed by atoms with E-state index in [2.05, 4.69) is 4.98 Å². The Morgan fingerprint density at radius 3 is 2.70 bits per heavy atom. The Bertz CT molecular complexity index is 698. The largest absolute Gasteiger partial charge is 0.367 e. The highest BCUT2D eigenvalue weighted by Gasteiger charge is 2.16. The SMILES string of the molecule is CN(Cc1ccc(F)cc1F)C(=O)c1c[nH]ccc1=O. The summed E-state index contributed by atoms with van der Waals surface area (Å²) in [5.74, 6) is -1.94. The summed E-state index contributed by atoms with van der Waals surface area (Å²) in [6.45, 7) is -0.0563. The molecule has 2 aromatic rings. The van der Waals surface area contributed by atoms with Crippen LogP contribution in [0.4, 0.5) is 8.78 Å². The molecule has 4 nitrogen and oxygen atoms in total. The summed E-state index contributed by atoms with van der Waals surface area (Å²) in [4.78, 5) is 27.4. The molecule has 2 rings (SSSR count). The molecule has 20 heavy (non-hydrogen) atoms. The van der Waals surface area contributed by atoms with Crippen LogP contribution in [0.25, 0.3) is 0 Å². The molecular weight excluding hydrogens is 266 g/mol. The highest BCUT2D eigenvalue weighted by atomic mass is 19.1. The summed E-state index contributed by atoms with van der Waals surface area (Å²) in [6.07, 6.45) is 2.71. The van der Waals surface area contributed by atoms with Crippen molar-refractivity contribution in [1.82, 2.24) is 9.88 Å². The summed E-state index contributed by atoms with van der Waals surface area (Å²) in [6, 6.07) is 4.37. The van der Waals surface area contributed by atoms with E-state index in [-0.39, 0.29) is 17.7 Å². The fraction of sp³-hybridized carbons (Fsp3) is 0.143. The van der Waals surface area contributed by atoms with E-state index < -0.39 is 23.0 Å². The lowest BCUT2D eigenvalue weighted by Gasteiger charge is -2.17. The van der Waals surface area contributed by atoms with E-state index in [1.165, 1.54) is 36.5 Å². The van der Waals surface area contributed by atoms with Gasteiger partial charge >= 0.3 is 0 Å². The van der Waals surface area contributed by atoms with Crippen molar-refractivity contribution in [2.24, 2.45) is 0 Å². The lowest BCUT2D eigenvalue weighted by Crippen LogP contribution is -2.30. The summed E-state index contributed by atoms with van der Waals surface area (Å²) >= 11 is 0. The summed E-state index contributed by atoms with van der Waals surface area (Å²) < 4.78 is 26.3. The number of pyridine rings is 1. The number of aromatic nitrogens is 1. The minimum Gasteiger partial charge on any atom is -0.367 e. The third kappa shape index (κ3) is 2.90. The number of carbonyl (C=O) groups excluding carboxylic acids is 1. The van der Waals surface area contributed by atoms with Crippen molar-refractivity contribution in [3.8, 4) is 0 Å². The number of carbonyl (C=O) groups is 1. The summed E-state index contributed by atoms with van der Waals surface area (Å²) in [7, 11) is 1.44. The highest BCUT2D eigenvalue weighted by Crippen LogP contribution is 2.12. The second-order valence-corrected chi connectivity index (χ2v) is 4.32. The van der Waals surface area contributed by atoms with E-state index in [0.717, 1.165) is 12.1 Å². The van der Waals surface area contributed by atoms with Crippen molar-refractivity contribution >= 4 is 5.91 Å². The number of aromatic amines is 1. The third-order valence-electron chi connectivity index (χ3n) is 2.82. The van der Waals surface area contributed by atoms with Crippen LogP contribution in [-0.2, 0) is 6.54 Å². The molecule has 0 radical (unpaired) electrons. The fourth-order valence-corrected chi connectivity index (χ4v) is 1.77. The molecule has 0 atom stereocenters. The zero-order chi connectivity index (χ0) is 14.7. The molecule has 0 aliphatic heterocycles. The molecule has 0 saturated carbocycles. The van der Waals surface area contributed by atoms with Crippen LogP contribution in [-0.4, -0.2) is 22.8 Å². The van der Waals surface area contributed by atoms with Crippen LogP contribution in [0, 0.1) is 11.6 Å². The van der Waals surface area contributed by atoms with Gasteiger partial charge in [0, 0.05) is 43.7 Å². The molecule has 1 amide bonds. The van der Waals surface area contributed by atoms with Gasteiger partial charge in [0.1, 0.15) is 17.2 Å². The van der Waals surface area contributed by atoms with Gasteiger partial charge in [0.2, 0.25) is 0 Å². The topological polar surface area (TPSA) is 53.2 Å². The van der Waals surface area contributed by atoms with Crippen molar-refractivity contribution < 1.29 is 13.6 Å². The summed E-state index contributed by atoms with van der Waals surface area (Å²) in [5.41, 5.74) is -0.271. The lowest BCUT2D eigenvalue weighted by molar-refractivity contribution is 0.0782. The predicted molar refractivity (Wildman–Crippen MR) is 69.2 cm³/mol. The van der Waals surface area contributed by atoms with Gasteiger partial charge in [-0.1, -0.05) is 6.07 Å². The molecule has 6 heteroatoms. The molecule has 0 unspecified atom stereocenters. The molecular formula is C14H12F2N2O2. The van der Waals surface area contributed by atoms with Crippen molar-refractivity contribution in [2.45, 2.75) is 6.54 Å². The number of halogens is 2. The number of nitrogens with one attached hydrogen (secondary N) is 1. The highest BCUT2D eigenvalue weighted by molar-refractivity contribution is 5.93. The zero-order valence-corrected chi connectivity index (χ0v) is 10.7. The summed E-state index contributed by atoms with van der Waals surface area (Å²) in [5, 5.41) is 0. The monoisotopic (exact) mass is 278 g/mol. The molecule has 104 valence electrons. The van der Waals surface area contributed by atoms with Crippen molar-refractivity contribution in [3.05, 3.63) is 69.6 Å². The Morgan fingerprint density at radius 1 is 1.30 bits per heavy atom. The van der Waals surface area contributed by atoms with Crippen LogP contribution in [0.2, 0.25) is 0 Å². The number of amides is 1. The Balaban J connectivity index is 2.20. The molecule has 0 saturated heterocycles. The van der Waals surface area contributed by atoms with Crippen LogP contribution in [0.15, 0.2) is 41.5 Å². The van der Waals surface area contributed by atoms with Crippen LogP contribution in [0.3, 0.4) is 0 Å². The van der Waals surface area contributed by atoms with E-state index in [1.54, 1.807) is 0 Å². The first-order chi connectivity index (χ1) is 9.49. The molecule has 0 bridgehead atoms. The molecule has 0 fully saturated rings. The van der Waals surface area contributed by atoms with Gasteiger partial charge in [-0.25, -0.2) is 8.78 Å². The first kappa shape index (κ1) is 13.9. The third-order valence-corrected chi connectivity index (χ3v) is 2.82. The number of hydrogen-bond acceptors (Lipinski definition) is 2. The van der Waals surface area contributed by atoms with E-state index in [4.69, 9.17) is 0 Å². The second-order valence-electron chi connectivity index (χ2n) is 4.32. The molecule has 1 N–H and O–H groups in total. The first-order valence-corrected chi connectivity index (χ1v) is 5.85. The average molecular weight is 278 g/mol. The van der Waals surface area contributed by atoms with Crippen molar-refractivity contribution in [1.29, 1.82) is 0 Å². The van der Waals surface area contributed by atoms with Crippen LogP contribution >= 0.6 is 0 Å². The zero-order valence-electron chi connectivity index (χ0n) is 10.7. The van der Waals surface area contributed by atoms with E-state index >= 15 is 0 Å². The van der Waals surface area contributed by atoms with E-state index in [0.29, 0.717) is 0 Å². The quantitative estimate of drug-likeness (QED) is 0.932. The maximum atomic E-state index is 13.5. The van der Waals surface area contributed by atoms with Gasteiger partial charge in [0.25, 0.3) is 5.91 Å². The minimum atomic E-state index is -0.730. The number of H-pyrrole nitrogens is 1. The average Bonchev–Trinajstić information content (AvgIpc) is 2.41. The maximum absolute atomic E-state index is 13.5. The molecule has 0 aliphatic rings. The molecule has 1 aromatic heterocycles. The fourth-order valence-electron chi connectivity index (χ4n) is 1.77. The predicted octanol–water partition coefficient (Wildman–Crippen LogP) is 1.93. The smallest absolute Gasteiger partial charge is 0.259 e. The van der Waals surface area contributed by atoms with Gasteiger partial charge in [-0.05, 0) is 6.07 Å². The standard InChI is InChI=1S/C14H12F2N2O2/c1-18(8-9-2-3-10(15)6-12(9)16)14(20)11-7-17-5-4-13(11)19/h2-7H,8H2,1H3,(H,17,19).